The van der Waals surface area contributed by atoms with Crippen LogP contribution >= 0.6 is 0 Å². The van der Waals surface area contributed by atoms with Crippen molar-refractivity contribution in [3.8, 4) is 11.5 Å². The van der Waals surface area contributed by atoms with Gasteiger partial charge in [0.1, 0.15) is 0 Å². The van der Waals surface area contributed by atoms with Crippen molar-refractivity contribution in [3.05, 3.63) is 59.3 Å². The molecule has 1 aromatic heterocycles. The van der Waals surface area contributed by atoms with E-state index in [9.17, 15) is 14.7 Å². The molecule has 0 fully saturated rings. The molecular weight excluding hydrogens is 350 g/mol. The van der Waals surface area contributed by atoms with Crippen molar-refractivity contribution >= 4 is 11.7 Å². The largest absolute Gasteiger partial charge is 0.503 e. The monoisotopic (exact) mass is 371 g/mol. The van der Waals surface area contributed by atoms with E-state index in [1.807, 2.05) is 6.92 Å². The number of ketones is 1. The average Bonchev–Trinajstić information content (AvgIpc) is 3.30. The Balaban J connectivity index is 2.19. The molecule has 1 atom stereocenters. The molecule has 3 rings (SSSR count). The smallest absolute Gasteiger partial charge is 0.290 e. The number of aliphatic hydroxyl groups excluding tert-OH is 1. The summed E-state index contributed by atoms with van der Waals surface area (Å²) >= 11 is 0. The first-order chi connectivity index (χ1) is 13.0. The quantitative estimate of drug-likeness (QED) is 0.751. The Bertz CT molecular complexity index is 884. The number of Topliss-reactive ketones (excluding diaryl/α,β-unsaturated/α-hetero) is 1. The summed E-state index contributed by atoms with van der Waals surface area (Å²) in [5.41, 5.74) is 0.521. The van der Waals surface area contributed by atoms with Crippen LogP contribution in [0.25, 0.3) is 0 Å². The lowest BCUT2D eigenvalue weighted by atomic mass is 9.94. The Labute approximate surface area is 156 Å². The van der Waals surface area contributed by atoms with E-state index in [0.29, 0.717) is 30.0 Å². The normalized spacial score (nSPS) is 16.8. The zero-order chi connectivity index (χ0) is 19.6. The first-order valence-electron chi connectivity index (χ1n) is 8.58. The molecule has 0 saturated carbocycles. The summed E-state index contributed by atoms with van der Waals surface area (Å²) in [5.74, 6) is -0.788. The molecule has 142 valence electrons. The van der Waals surface area contributed by atoms with E-state index in [4.69, 9.17) is 13.9 Å². The Hall–Kier alpha value is -3.22. The van der Waals surface area contributed by atoms with E-state index >= 15 is 0 Å². The zero-order valence-electron chi connectivity index (χ0n) is 15.4. The Kier molecular flexibility index (Phi) is 5.21. The fourth-order valence-electron chi connectivity index (χ4n) is 3.35. The number of nitrogens with zero attached hydrogens (tertiary/aromatic N) is 1. The topological polar surface area (TPSA) is 89.2 Å². The molecule has 1 unspecified atom stereocenters. The van der Waals surface area contributed by atoms with Gasteiger partial charge in [0.15, 0.2) is 23.0 Å². The van der Waals surface area contributed by atoms with Gasteiger partial charge >= 0.3 is 0 Å². The molecule has 0 spiro atoms. The third kappa shape index (κ3) is 3.05. The molecule has 27 heavy (non-hydrogen) atoms. The molecular formula is C20H21NO6. The van der Waals surface area contributed by atoms with Crippen molar-refractivity contribution in [2.75, 3.05) is 20.8 Å². The molecule has 7 nitrogen and oxygen atoms in total. The highest BCUT2D eigenvalue weighted by molar-refractivity contribution is 6.15. The maximum absolute atomic E-state index is 13.0. The highest BCUT2D eigenvalue weighted by atomic mass is 16.5. The molecule has 0 radical (unpaired) electrons. The number of benzene rings is 1. The maximum atomic E-state index is 13.0. The fourth-order valence-corrected chi connectivity index (χ4v) is 3.35. The van der Waals surface area contributed by atoms with Crippen LogP contribution in [0.15, 0.2) is 52.3 Å². The number of methoxy groups -OCH3 is 2. The van der Waals surface area contributed by atoms with Crippen molar-refractivity contribution in [3.63, 3.8) is 0 Å². The number of carbonyl (C=O) groups is 2. The van der Waals surface area contributed by atoms with Crippen molar-refractivity contribution in [1.82, 2.24) is 4.90 Å². The average molecular weight is 371 g/mol. The SMILES string of the molecule is CCCN1C(=O)C(O)=C(C(=O)c2ccco2)C1c1cccc(OC)c1OC. The first kappa shape index (κ1) is 18.6. The van der Waals surface area contributed by atoms with Crippen LogP contribution in [0, 0.1) is 0 Å². The van der Waals surface area contributed by atoms with Gasteiger partial charge in [0.05, 0.1) is 32.1 Å². The van der Waals surface area contributed by atoms with Crippen LogP contribution in [0.1, 0.15) is 35.5 Å². The fraction of sp³-hybridized carbons (Fsp3) is 0.300. The maximum Gasteiger partial charge on any atom is 0.290 e. The molecule has 1 aliphatic heterocycles. The summed E-state index contributed by atoms with van der Waals surface area (Å²) in [5, 5.41) is 10.5. The lowest BCUT2D eigenvalue weighted by Gasteiger charge is -2.28. The van der Waals surface area contributed by atoms with Crippen LogP contribution in [0.4, 0.5) is 0 Å². The van der Waals surface area contributed by atoms with E-state index in [1.54, 1.807) is 24.3 Å². The van der Waals surface area contributed by atoms with Gasteiger partial charge in [-0.15, -0.1) is 0 Å². The summed E-state index contributed by atoms with van der Waals surface area (Å²) in [6.45, 7) is 2.28. The summed E-state index contributed by atoms with van der Waals surface area (Å²) in [4.78, 5) is 27.1. The van der Waals surface area contributed by atoms with Crippen molar-refractivity contribution < 1.29 is 28.6 Å². The summed E-state index contributed by atoms with van der Waals surface area (Å²) in [7, 11) is 2.99. The van der Waals surface area contributed by atoms with Crippen molar-refractivity contribution in [2.45, 2.75) is 19.4 Å². The van der Waals surface area contributed by atoms with Crippen molar-refractivity contribution in [2.24, 2.45) is 0 Å². The van der Waals surface area contributed by atoms with Gasteiger partial charge in [-0.05, 0) is 24.6 Å². The van der Waals surface area contributed by atoms with Gasteiger partial charge in [-0.25, -0.2) is 0 Å². The third-order valence-corrected chi connectivity index (χ3v) is 4.49. The van der Waals surface area contributed by atoms with Gasteiger partial charge in [0, 0.05) is 12.1 Å². The van der Waals surface area contributed by atoms with Crippen LogP contribution in [0.2, 0.25) is 0 Å². The van der Waals surface area contributed by atoms with E-state index in [1.165, 1.54) is 31.4 Å². The number of rotatable bonds is 7. The summed E-state index contributed by atoms with van der Waals surface area (Å²) < 4.78 is 16.0. The van der Waals surface area contributed by atoms with Crippen LogP contribution in [0.3, 0.4) is 0 Å². The molecule has 1 aliphatic rings. The molecule has 1 aromatic carbocycles. The summed E-state index contributed by atoms with van der Waals surface area (Å²) in [6.07, 6.45) is 2.02. The van der Waals surface area contributed by atoms with Gasteiger partial charge in [-0.1, -0.05) is 19.1 Å². The molecule has 2 heterocycles. The minimum Gasteiger partial charge on any atom is -0.503 e. The number of para-hydroxylation sites is 1. The molecule has 0 aliphatic carbocycles. The van der Waals surface area contributed by atoms with Crippen LogP contribution in [-0.4, -0.2) is 42.5 Å². The van der Waals surface area contributed by atoms with E-state index in [0.717, 1.165) is 0 Å². The predicted octanol–water partition coefficient (Wildman–Crippen LogP) is 3.29. The van der Waals surface area contributed by atoms with Gasteiger partial charge in [0.25, 0.3) is 5.91 Å². The Morgan fingerprint density at radius 1 is 1.22 bits per heavy atom. The van der Waals surface area contributed by atoms with E-state index < -0.39 is 23.5 Å². The minimum atomic E-state index is -0.805. The standard InChI is InChI=1S/C20H21NO6/c1-4-10-21-16(12-7-5-8-14(25-2)19(12)26-3)15(18(23)20(21)24)17(22)13-9-6-11-27-13/h5-9,11,16,23H,4,10H2,1-3H3. The van der Waals surface area contributed by atoms with E-state index in [-0.39, 0.29) is 11.3 Å². The number of aliphatic hydroxyl groups is 1. The molecule has 1 N–H and O–H groups in total. The van der Waals surface area contributed by atoms with Crippen molar-refractivity contribution in [1.29, 1.82) is 0 Å². The molecule has 0 saturated heterocycles. The predicted molar refractivity (Wildman–Crippen MR) is 97.0 cm³/mol. The second-order valence-corrected chi connectivity index (χ2v) is 6.05. The van der Waals surface area contributed by atoms with E-state index in [2.05, 4.69) is 0 Å². The van der Waals surface area contributed by atoms with Crippen LogP contribution in [-0.2, 0) is 4.79 Å². The van der Waals surface area contributed by atoms with Crippen LogP contribution in [0.5, 0.6) is 11.5 Å². The number of carbonyl (C=O) groups excluding carboxylic acids is 2. The highest BCUT2D eigenvalue weighted by Gasteiger charge is 2.45. The molecule has 1 amide bonds. The number of hydrogen-bond donors (Lipinski definition) is 1. The van der Waals surface area contributed by atoms with Gasteiger partial charge in [0.2, 0.25) is 5.78 Å². The lowest BCUT2D eigenvalue weighted by Crippen LogP contribution is -2.32. The van der Waals surface area contributed by atoms with Gasteiger partial charge in [-0.3, -0.25) is 9.59 Å². The number of furan rings is 1. The van der Waals surface area contributed by atoms with Gasteiger partial charge in [-0.2, -0.15) is 0 Å². The van der Waals surface area contributed by atoms with Crippen LogP contribution < -0.4 is 9.47 Å². The molecule has 7 heteroatoms. The number of amides is 1. The second-order valence-electron chi connectivity index (χ2n) is 6.05. The Morgan fingerprint density at radius 2 is 2.00 bits per heavy atom. The third-order valence-electron chi connectivity index (χ3n) is 4.49. The Morgan fingerprint density at radius 3 is 2.59 bits per heavy atom. The minimum absolute atomic E-state index is 0.0325. The number of hydrogen-bond acceptors (Lipinski definition) is 6. The highest BCUT2D eigenvalue weighted by Crippen LogP contribution is 2.45. The lowest BCUT2D eigenvalue weighted by molar-refractivity contribution is -0.129. The van der Waals surface area contributed by atoms with Gasteiger partial charge < -0.3 is 23.9 Å². The first-order valence-corrected chi connectivity index (χ1v) is 8.58. The number of ether oxygens (including phenoxy) is 2. The zero-order valence-corrected chi connectivity index (χ0v) is 15.4. The molecule has 2 aromatic rings. The molecule has 0 bridgehead atoms. The second kappa shape index (κ2) is 7.57. The summed E-state index contributed by atoms with van der Waals surface area (Å²) in [6, 6.07) is 7.48.